The minimum absolute atomic E-state index is 0.0407. The van der Waals surface area contributed by atoms with Crippen LogP contribution < -0.4 is 14.9 Å². The van der Waals surface area contributed by atoms with Gasteiger partial charge in [0.15, 0.2) is 0 Å². The fourth-order valence-corrected chi connectivity index (χ4v) is 4.71. The third-order valence-electron chi connectivity index (χ3n) is 5.29. The maximum Gasteiger partial charge on any atom is 0.261 e. The number of sulfonamides is 1. The Morgan fingerprint density at radius 2 is 1.58 bits per heavy atom. The second kappa shape index (κ2) is 9.22. The van der Waals surface area contributed by atoms with E-state index in [1.54, 1.807) is 36.4 Å². The highest BCUT2D eigenvalue weighted by Gasteiger charge is 2.17. The summed E-state index contributed by atoms with van der Waals surface area (Å²) in [6, 6.07) is 22.9. The number of rotatable bonds is 7. The number of nitrogens with one attached hydrogen (secondary N) is 2. The van der Waals surface area contributed by atoms with Crippen molar-refractivity contribution >= 4 is 27.3 Å². The molecule has 0 spiro atoms. The SMILES string of the molecule is O=C(NCc1ccc(N2CCCC2)cc1)c1cccc(S(=O)(=O)Nc2ccccc2)c1. The first-order valence-corrected chi connectivity index (χ1v) is 11.8. The van der Waals surface area contributed by atoms with Crippen LogP contribution in [0.4, 0.5) is 11.4 Å². The molecule has 6 nitrogen and oxygen atoms in total. The first-order chi connectivity index (χ1) is 15.0. The van der Waals surface area contributed by atoms with Gasteiger partial charge in [0.25, 0.3) is 15.9 Å². The van der Waals surface area contributed by atoms with Crippen molar-refractivity contribution in [3.63, 3.8) is 0 Å². The lowest BCUT2D eigenvalue weighted by atomic mass is 10.1. The number of carbonyl (C=O) groups excluding carboxylic acids is 1. The Kier molecular flexibility index (Phi) is 6.23. The van der Waals surface area contributed by atoms with Gasteiger partial charge < -0.3 is 10.2 Å². The van der Waals surface area contributed by atoms with E-state index in [4.69, 9.17) is 0 Å². The first kappa shape index (κ1) is 20.9. The second-order valence-electron chi connectivity index (χ2n) is 7.54. The minimum Gasteiger partial charge on any atom is -0.372 e. The minimum atomic E-state index is -3.78. The van der Waals surface area contributed by atoms with Gasteiger partial charge in [0.1, 0.15) is 0 Å². The normalized spacial score (nSPS) is 13.7. The predicted octanol–water partition coefficient (Wildman–Crippen LogP) is 4.02. The van der Waals surface area contributed by atoms with E-state index in [9.17, 15) is 13.2 Å². The molecule has 4 rings (SSSR count). The molecule has 160 valence electrons. The lowest BCUT2D eigenvalue weighted by molar-refractivity contribution is 0.0950. The van der Waals surface area contributed by atoms with Gasteiger partial charge >= 0.3 is 0 Å². The molecule has 0 aromatic heterocycles. The Morgan fingerprint density at radius 3 is 2.29 bits per heavy atom. The molecule has 0 atom stereocenters. The molecule has 3 aromatic carbocycles. The van der Waals surface area contributed by atoms with E-state index in [1.807, 2.05) is 18.2 Å². The second-order valence-corrected chi connectivity index (χ2v) is 9.23. The Balaban J connectivity index is 1.40. The number of para-hydroxylation sites is 1. The number of carbonyl (C=O) groups is 1. The van der Waals surface area contributed by atoms with Gasteiger partial charge in [-0.3, -0.25) is 9.52 Å². The molecule has 3 aromatic rings. The van der Waals surface area contributed by atoms with Crippen LogP contribution in [0.3, 0.4) is 0 Å². The average molecular weight is 436 g/mol. The lowest BCUT2D eigenvalue weighted by Crippen LogP contribution is -2.23. The Bertz CT molecular complexity index is 1140. The van der Waals surface area contributed by atoms with Gasteiger partial charge in [-0.25, -0.2) is 8.42 Å². The summed E-state index contributed by atoms with van der Waals surface area (Å²) >= 11 is 0. The van der Waals surface area contributed by atoms with Crippen molar-refractivity contribution in [1.82, 2.24) is 5.32 Å². The van der Waals surface area contributed by atoms with Crippen molar-refractivity contribution in [1.29, 1.82) is 0 Å². The average Bonchev–Trinajstić information content (AvgIpc) is 3.33. The monoisotopic (exact) mass is 435 g/mol. The van der Waals surface area contributed by atoms with Crippen LogP contribution in [0.25, 0.3) is 0 Å². The highest BCUT2D eigenvalue weighted by atomic mass is 32.2. The molecule has 31 heavy (non-hydrogen) atoms. The van der Waals surface area contributed by atoms with Crippen LogP contribution >= 0.6 is 0 Å². The zero-order valence-electron chi connectivity index (χ0n) is 17.1. The van der Waals surface area contributed by atoms with Crippen molar-refractivity contribution in [3.8, 4) is 0 Å². The number of anilines is 2. The first-order valence-electron chi connectivity index (χ1n) is 10.3. The molecule has 0 saturated carbocycles. The number of nitrogens with zero attached hydrogens (tertiary/aromatic N) is 1. The van der Waals surface area contributed by atoms with Crippen molar-refractivity contribution in [2.45, 2.75) is 24.3 Å². The molecule has 1 heterocycles. The predicted molar refractivity (Wildman–Crippen MR) is 123 cm³/mol. The quantitative estimate of drug-likeness (QED) is 0.588. The summed E-state index contributed by atoms with van der Waals surface area (Å²) in [4.78, 5) is 15.0. The zero-order valence-corrected chi connectivity index (χ0v) is 17.9. The van der Waals surface area contributed by atoms with E-state index in [2.05, 4.69) is 27.1 Å². The van der Waals surface area contributed by atoms with Gasteiger partial charge in [-0.05, 0) is 60.9 Å². The van der Waals surface area contributed by atoms with Crippen LogP contribution in [-0.4, -0.2) is 27.4 Å². The third-order valence-corrected chi connectivity index (χ3v) is 6.67. The van der Waals surface area contributed by atoms with Crippen molar-refractivity contribution in [3.05, 3.63) is 90.0 Å². The van der Waals surface area contributed by atoms with Crippen molar-refractivity contribution in [2.24, 2.45) is 0 Å². The lowest BCUT2D eigenvalue weighted by Gasteiger charge is -2.17. The fourth-order valence-electron chi connectivity index (χ4n) is 3.61. The molecule has 0 aliphatic carbocycles. The van der Waals surface area contributed by atoms with Gasteiger partial charge in [0.05, 0.1) is 4.90 Å². The summed E-state index contributed by atoms with van der Waals surface area (Å²) < 4.78 is 27.8. The van der Waals surface area contributed by atoms with E-state index in [0.29, 0.717) is 17.8 Å². The van der Waals surface area contributed by atoms with E-state index >= 15 is 0 Å². The summed E-state index contributed by atoms with van der Waals surface area (Å²) in [5.41, 5.74) is 2.96. The summed E-state index contributed by atoms with van der Waals surface area (Å²) in [5.74, 6) is -0.319. The third kappa shape index (κ3) is 5.24. The van der Waals surface area contributed by atoms with Crippen LogP contribution in [0.2, 0.25) is 0 Å². The van der Waals surface area contributed by atoms with Crippen molar-refractivity contribution < 1.29 is 13.2 Å². The molecule has 2 N–H and O–H groups in total. The number of amides is 1. The highest BCUT2D eigenvalue weighted by molar-refractivity contribution is 7.92. The smallest absolute Gasteiger partial charge is 0.261 e. The maximum absolute atomic E-state index is 12.6. The number of hydrogen-bond acceptors (Lipinski definition) is 4. The molecule has 0 bridgehead atoms. The van der Waals surface area contributed by atoms with Crippen LogP contribution in [0, 0.1) is 0 Å². The van der Waals surface area contributed by atoms with Gasteiger partial charge in [-0.2, -0.15) is 0 Å². The van der Waals surface area contributed by atoms with Gasteiger partial charge in [-0.15, -0.1) is 0 Å². The molecular formula is C24H25N3O3S. The maximum atomic E-state index is 12.6. The Hall–Kier alpha value is -3.32. The summed E-state index contributed by atoms with van der Waals surface area (Å²) in [6.07, 6.45) is 2.46. The highest BCUT2D eigenvalue weighted by Crippen LogP contribution is 2.21. The van der Waals surface area contributed by atoms with Crippen molar-refractivity contribution in [2.75, 3.05) is 22.7 Å². The molecule has 1 aliphatic heterocycles. The van der Waals surface area contributed by atoms with Gasteiger partial charge in [-0.1, -0.05) is 36.4 Å². The molecule has 1 aliphatic rings. The summed E-state index contributed by atoms with van der Waals surface area (Å²) in [5, 5.41) is 2.86. The van der Waals surface area contributed by atoms with Crippen LogP contribution in [0.1, 0.15) is 28.8 Å². The molecule has 1 saturated heterocycles. The standard InChI is InChI=1S/C24H25N3O3S/c28-24(25-18-19-11-13-22(14-12-19)27-15-4-5-16-27)20-7-6-10-23(17-20)31(29,30)26-21-8-2-1-3-9-21/h1-3,6-14,17,26H,4-5,15-16,18H2,(H,25,28). The largest absolute Gasteiger partial charge is 0.372 e. The Morgan fingerprint density at radius 1 is 0.871 bits per heavy atom. The fraction of sp³-hybridized carbons (Fsp3) is 0.208. The van der Waals surface area contributed by atoms with E-state index in [-0.39, 0.29) is 10.8 Å². The van der Waals surface area contributed by atoms with E-state index in [0.717, 1.165) is 18.7 Å². The molecular weight excluding hydrogens is 410 g/mol. The van der Waals surface area contributed by atoms with Crippen LogP contribution in [0.15, 0.2) is 83.8 Å². The Labute approximate surface area is 183 Å². The van der Waals surface area contributed by atoms with Gasteiger partial charge in [0, 0.05) is 36.6 Å². The molecule has 0 unspecified atom stereocenters. The molecule has 1 fully saturated rings. The van der Waals surface area contributed by atoms with E-state index in [1.165, 1.54) is 30.7 Å². The van der Waals surface area contributed by atoms with Crippen LogP contribution in [-0.2, 0) is 16.6 Å². The zero-order chi connectivity index (χ0) is 21.7. The number of benzene rings is 3. The van der Waals surface area contributed by atoms with Gasteiger partial charge in [0.2, 0.25) is 0 Å². The van der Waals surface area contributed by atoms with E-state index < -0.39 is 10.0 Å². The topological polar surface area (TPSA) is 78.5 Å². The molecule has 0 radical (unpaired) electrons. The summed E-state index contributed by atoms with van der Waals surface area (Å²) in [7, 11) is -3.78. The van der Waals surface area contributed by atoms with Crippen LogP contribution in [0.5, 0.6) is 0 Å². The molecule has 7 heteroatoms. The molecule has 1 amide bonds. The number of hydrogen-bond donors (Lipinski definition) is 2. The summed E-state index contributed by atoms with van der Waals surface area (Å²) in [6.45, 7) is 2.56.